The normalized spacial score (nSPS) is 19.6. The fourth-order valence-electron chi connectivity index (χ4n) is 2.84. The first-order chi connectivity index (χ1) is 10.5. The van der Waals surface area contributed by atoms with E-state index in [1.165, 1.54) is 0 Å². The minimum Gasteiger partial charge on any atom is -0.494 e. The van der Waals surface area contributed by atoms with Crippen molar-refractivity contribution in [3.05, 3.63) is 23.8 Å². The van der Waals surface area contributed by atoms with Gasteiger partial charge in [-0.25, -0.2) is 4.79 Å². The lowest BCUT2D eigenvalue weighted by atomic mass is 9.94. The molecule has 0 aromatic heterocycles. The molecule has 122 valence electrons. The molecule has 1 saturated heterocycles. The van der Waals surface area contributed by atoms with Crippen molar-refractivity contribution < 1.29 is 14.6 Å². The van der Waals surface area contributed by atoms with Crippen molar-refractivity contribution in [1.29, 1.82) is 0 Å². The van der Waals surface area contributed by atoms with Gasteiger partial charge in [0, 0.05) is 24.7 Å². The minimum absolute atomic E-state index is 0.103. The number of rotatable bonds is 4. The quantitative estimate of drug-likeness (QED) is 0.899. The molecule has 1 aromatic rings. The number of ether oxygens (including phenoxy) is 1. The molecule has 2 amide bonds. The number of urea groups is 1. The van der Waals surface area contributed by atoms with E-state index in [9.17, 15) is 9.90 Å². The standard InChI is InChI=1S/C17H26N2O3/c1-4-22-16-8-7-15(10-12(16)2)18-17(21)19-9-5-6-14(11-19)13(3)20/h7-8,10,13-14,20H,4-6,9,11H2,1-3H3,(H,18,21). The Morgan fingerprint density at radius 2 is 2.32 bits per heavy atom. The van der Waals surface area contributed by atoms with Gasteiger partial charge in [-0.3, -0.25) is 0 Å². The van der Waals surface area contributed by atoms with Gasteiger partial charge in [0.2, 0.25) is 0 Å². The van der Waals surface area contributed by atoms with Crippen LogP contribution in [-0.2, 0) is 0 Å². The molecule has 1 heterocycles. The average Bonchev–Trinajstić information content (AvgIpc) is 2.50. The van der Waals surface area contributed by atoms with E-state index in [0.29, 0.717) is 13.2 Å². The van der Waals surface area contributed by atoms with Crippen LogP contribution in [0.15, 0.2) is 18.2 Å². The molecule has 0 aliphatic carbocycles. The van der Waals surface area contributed by atoms with Gasteiger partial charge in [0.05, 0.1) is 12.7 Å². The number of benzene rings is 1. The molecule has 1 fully saturated rings. The van der Waals surface area contributed by atoms with Crippen LogP contribution in [0.5, 0.6) is 5.75 Å². The first-order valence-electron chi connectivity index (χ1n) is 7.98. The SMILES string of the molecule is CCOc1ccc(NC(=O)N2CCCC(C(C)O)C2)cc1C. The molecule has 1 aliphatic rings. The second-order valence-electron chi connectivity index (χ2n) is 5.93. The van der Waals surface area contributed by atoms with Crippen molar-refractivity contribution in [3.8, 4) is 5.75 Å². The van der Waals surface area contributed by atoms with Gasteiger partial charge in [0.25, 0.3) is 0 Å². The minimum atomic E-state index is -0.372. The van der Waals surface area contributed by atoms with E-state index in [4.69, 9.17) is 4.74 Å². The van der Waals surface area contributed by atoms with Crippen LogP contribution in [0.4, 0.5) is 10.5 Å². The molecular formula is C17H26N2O3. The summed E-state index contributed by atoms with van der Waals surface area (Å²) in [6.45, 7) is 7.68. The molecule has 2 unspecified atom stereocenters. The molecule has 22 heavy (non-hydrogen) atoms. The number of hydrogen-bond donors (Lipinski definition) is 2. The monoisotopic (exact) mass is 306 g/mol. The smallest absolute Gasteiger partial charge is 0.321 e. The van der Waals surface area contributed by atoms with Gasteiger partial charge in [-0.2, -0.15) is 0 Å². The third-order valence-electron chi connectivity index (χ3n) is 4.15. The molecule has 5 nitrogen and oxygen atoms in total. The summed E-state index contributed by atoms with van der Waals surface area (Å²) in [6.07, 6.45) is 1.54. The highest BCUT2D eigenvalue weighted by molar-refractivity contribution is 5.89. The number of amides is 2. The van der Waals surface area contributed by atoms with Crippen LogP contribution in [0.3, 0.4) is 0 Å². The topological polar surface area (TPSA) is 61.8 Å². The van der Waals surface area contributed by atoms with E-state index >= 15 is 0 Å². The molecule has 0 saturated carbocycles. The third kappa shape index (κ3) is 4.13. The van der Waals surface area contributed by atoms with Crippen LogP contribution in [-0.4, -0.2) is 41.8 Å². The number of aryl methyl sites for hydroxylation is 1. The summed E-state index contributed by atoms with van der Waals surface area (Å²) in [5, 5.41) is 12.6. The summed E-state index contributed by atoms with van der Waals surface area (Å²) in [5.41, 5.74) is 1.77. The summed E-state index contributed by atoms with van der Waals surface area (Å²) in [6, 6.07) is 5.54. The van der Waals surface area contributed by atoms with Crippen molar-refractivity contribution in [3.63, 3.8) is 0 Å². The van der Waals surface area contributed by atoms with Gasteiger partial charge in [-0.05, 0) is 57.4 Å². The lowest BCUT2D eigenvalue weighted by Crippen LogP contribution is -2.44. The fourth-order valence-corrected chi connectivity index (χ4v) is 2.84. The van der Waals surface area contributed by atoms with Crippen LogP contribution in [0, 0.1) is 12.8 Å². The Morgan fingerprint density at radius 1 is 1.55 bits per heavy atom. The van der Waals surface area contributed by atoms with Crippen LogP contribution in [0.2, 0.25) is 0 Å². The lowest BCUT2D eigenvalue weighted by Gasteiger charge is -2.34. The highest BCUT2D eigenvalue weighted by Crippen LogP contribution is 2.24. The van der Waals surface area contributed by atoms with Crippen LogP contribution >= 0.6 is 0 Å². The maximum atomic E-state index is 12.4. The van der Waals surface area contributed by atoms with Crippen LogP contribution in [0.1, 0.15) is 32.3 Å². The summed E-state index contributed by atoms with van der Waals surface area (Å²) in [7, 11) is 0. The number of likely N-dealkylation sites (tertiary alicyclic amines) is 1. The largest absolute Gasteiger partial charge is 0.494 e. The van der Waals surface area contributed by atoms with E-state index in [1.54, 1.807) is 11.8 Å². The number of carbonyl (C=O) groups is 1. The number of hydrogen-bond acceptors (Lipinski definition) is 3. The Balaban J connectivity index is 1.98. The molecule has 2 N–H and O–H groups in total. The average molecular weight is 306 g/mol. The predicted molar refractivity (Wildman–Crippen MR) is 87.3 cm³/mol. The van der Waals surface area contributed by atoms with Gasteiger partial charge >= 0.3 is 6.03 Å². The summed E-state index contributed by atoms with van der Waals surface area (Å²) in [5.74, 6) is 1.01. The van der Waals surface area contributed by atoms with E-state index < -0.39 is 0 Å². The van der Waals surface area contributed by atoms with Crippen molar-refractivity contribution in [2.75, 3.05) is 25.0 Å². The van der Waals surface area contributed by atoms with Gasteiger partial charge in [0.15, 0.2) is 0 Å². The summed E-state index contributed by atoms with van der Waals surface area (Å²) < 4.78 is 5.50. The zero-order chi connectivity index (χ0) is 16.1. The second-order valence-corrected chi connectivity index (χ2v) is 5.93. The number of nitrogens with one attached hydrogen (secondary N) is 1. The number of anilines is 1. The zero-order valence-electron chi connectivity index (χ0n) is 13.6. The zero-order valence-corrected chi connectivity index (χ0v) is 13.6. The fraction of sp³-hybridized carbons (Fsp3) is 0.588. The van der Waals surface area contributed by atoms with Gasteiger partial charge in [-0.1, -0.05) is 0 Å². The Morgan fingerprint density at radius 3 is 2.95 bits per heavy atom. The molecule has 1 aliphatic heterocycles. The van der Waals surface area contributed by atoms with E-state index in [1.807, 2.05) is 32.0 Å². The first-order valence-corrected chi connectivity index (χ1v) is 7.98. The van der Waals surface area contributed by atoms with Gasteiger partial charge in [0.1, 0.15) is 5.75 Å². The van der Waals surface area contributed by atoms with Gasteiger partial charge in [-0.15, -0.1) is 0 Å². The van der Waals surface area contributed by atoms with Crippen molar-refractivity contribution >= 4 is 11.7 Å². The summed E-state index contributed by atoms with van der Waals surface area (Å²) in [4.78, 5) is 14.1. The van der Waals surface area contributed by atoms with Crippen molar-refractivity contribution in [2.24, 2.45) is 5.92 Å². The predicted octanol–water partition coefficient (Wildman–Crippen LogP) is 3.02. The molecule has 0 bridgehead atoms. The van der Waals surface area contributed by atoms with Crippen molar-refractivity contribution in [2.45, 2.75) is 39.7 Å². The second kappa shape index (κ2) is 7.49. The molecule has 5 heteroatoms. The third-order valence-corrected chi connectivity index (χ3v) is 4.15. The molecule has 0 spiro atoms. The summed E-state index contributed by atoms with van der Waals surface area (Å²) >= 11 is 0. The Bertz CT molecular complexity index is 517. The Labute approximate surface area is 132 Å². The highest BCUT2D eigenvalue weighted by atomic mass is 16.5. The first kappa shape index (κ1) is 16.6. The van der Waals surface area contributed by atoms with E-state index in [-0.39, 0.29) is 18.1 Å². The maximum Gasteiger partial charge on any atom is 0.321 e. The number of aliphatic hydroxyl groups excluding tert-OH is 1. The molecular weight excluding hydrogens is 280 g/mol. The molecule has 2 rings (SSSR count). The van der Waals surface area contributed by atoms with Gasteiger partial charge < -0.3 is 20.1 Å². The van der Waals surface area contributed by atoms with E-state index in [0.717, 1.165) is 36.4 Å². The molecule has 2 atom stereocenters. The number of nitrogens with zero attached hydrogens (tertiary/aromatic N) is 1. The van der Waals surface area contributed by atoms with E-state index in [2.05, 4.69) is 5.32 Å². The number of piperidine rings is 1. The Kier molecular flexibility index (Phi) is 5.66. The van der Waals surface area contributed by atoms with Crippen molar-refractivity contribution in [1.82, 2.24) is 4.90 Å². The number of carbonyl (C=O) groups excluding carboxylic acids is 1. The Hall–Kier alpha value is -1.75. The maximum absolute atomic E-state index is 12.4. The lowest BCUT2D eigenvalue weighted by molar-refractivity contribution is 0.0766. The van der Waals surface area contributed by atoms with Crippen LogP contribution in [0.25, 0.3) is 0 Å². The molecule has 1 aromatic carbocycles. The van der Waals surface area contributed by atoms with Crippen LogP contribution < -0.4 is 10.1 Å². The highest BCUT2D eigenvalue weighted by Gasteiger charge is 2.26. The molecule has 0 radical (unpaired) electrons. The number of aliphatic hydroxyl groups is 1.